The molecular weight excluding hydrogens is 362 g/mol. The first kappa shape index (κ1) is 17.4. The molecule has 1 aliphatic rings. The van der Waals surface area contributed by atoms with Crippen LogP contribution in [0.1, 0.15) is 36.2 Å². The number of aromatic amines is 1. The van der Waals surface area contributed by atoms with Crippen LogP contribution in [0.25, 0.3) is 10.9 Å². The second kappa shape index (κ2) is 6.93. The summed E-state index contributed by atoms with van der Waals surface area (Å²) >= 11 is 12.1. The molecule has 3 nitrogen and oxygen atoms in total. The number of aryl methyl sites for hydroxylation is 1. The lowest BCUT2D eigenvalue weighted by atomic mass is 9.96. The van der Waals surface area contributed by atoms with Crippen LogP contribution in [-0.2, 0) is 6.42 Å². The Kier molecular flexibility index (Phi) is 4.63. The van der Waals surface area contributed by atoms with Gasteiger partial charge >= 0.3 is 0 Å². The Bertz CT molecular complexity index is 979. The predicted octanol–water partition coefficient (Wildman–Crippen LogP) is 5.84. The largest absolute Gasteiger partial charge is 0.356 e. The number of fused-ring (bicyclic) bond motifs is 3. The number of anilines is 1. The van der Waals surface area contributed by atoms with Gasteiger partial charge in [0, 0.05) is 23.1 Å². The topological polar surface area (TPSA) is 31.1 Å². The quantitative estimate of drug-likeness (QED) is 0.545. The molecule has 1 aromatic heterocycles. The minimum atomic E-state index is 0.246. The monoisotopic (exact) mass is 383 g/mol. The molecule has 26 heavy (non-hydrogen) atoms. The third-order valence-corrected chi connectivity index (χ3v) is 5.82. The number of rotatable bonds is 2. The Balaban J connectivity index is 1.63. The fourth-order valence-electron chi connectivity index (χ4n) is 3.89. The van der Waals surface area contributed by atoms with Crippen LogP contribution >= 0.6 is 23.8 Å². The molecule has 0 radical (unpaired) electrons. The molecule has 1 unspecified atom stereocenters. The van der Waals surface area contributed by atoms with E-state index in [1.807, 2.05) is 25.1 Å². The van der Waals surface area contributed by atoms with E-state index in [1.54, 1.807) is 0 Å². The van der Waals surface area contributed by atoms with E-state index < -0.39 is 0 Å². The summed E-state index contributed by atoms with van der Waals surface area (Å²) in [6.07, 6.45) is 1.97. The van der Waals surface area contributed by atoms with Crippen molar-refractivity contribution in [2.45, 2.75) is 32.7 Å². The molecule has 0 saturated heterocycles. The fraction of sp³-hybridized carbons (Fsp3) is 0.286. The second-order valence-corrected chi connectivity index (χ2v) is 7.64. The van der Waals surface area contributed by atoms with Gasteiger partial charge in [-0.1, -0.05) is 42.8 Å². The van der Waals surface area contributed by atoms with Gasteiger partial charge in [0.2, 0.25) is 0 Å². The number of aromatic nitrogens is 1. The van der Waals surface area contributed by atoms with Crippen LogP contribution in [0.5, 0.6) is 0 Å². The van der Waals surface area contributed by atoms with E-state index in [2.05, 4.69) is 46.4 Å². The summed E-state index contributed by atoms with van der Waals surface area (Å²) in [7, 11) is 0. The summed E-state index contributed by atoms with van der Waals surface area (Å²) < 4.78 is 0. The van der Waals surface area contributed by atoms with Crippen molar-refractivity contribution in [3.05, 3.63) is 64.3 Å². The van der Waals surface area contributed by atoms with Gasteiger partial charge in [-0.05, 0) is 61.3 Å². The van der Waals surface area contributed by atoms with Crippen molar-refractivity contribution in [3.63, 3.8) is 0 Å². The highest BCUT2D eigenvalue weighted by molar-refractivity contribution is 7.80. The number of halogens is 1. The van der Waals surface area contributed by atoms with Gasteiger partial charge in [0.05, 0.1) is 16.8 Å². The first-order valence-corrected chi connectivity index (χ1v) is 9.80. The Labute approximate surface area is 164 Å². The highest BCUT2D eigenvalue weighted by Gasteiger charge is 2.30. The highest BCUT2D eigenvalue weighted by Crippen LogP contribution is 2.36. The summed E-state index contributed by atoms with van der Waals surface area (Å²) in [5, 5.41) is 6.11. The van der Waals surface area contributed by atoms with Gasteiger partial charge < -0.3 is 15.2 Å². The average Bonchev–Trinajstić information content (AvgIpc) is 3.01. The number of H-pyrrole nitrogens is 1. The summed E-state index contributed by atoms with van der Waals surface area (Å²) in [5.41, 5.74) is 5.93. The first-order chi connectivity index (χ1) is 12.6. The van der Waals surface area contributed by atoms with Crippen molar-refractivity contribution < 1.29 is 0 Å². The average molecular weight is 384 g/mol. The Morgan fingerprint density at radius 3 is 2.88 bits per heavy atom. The van der Waals surface area contributed by atoms with Crippen LogP contribution in [0.15, 0.2) is 42.5 Å². The molecule has 1 aliphatic heterocycles. The molecule has 2 heterocycles. The zero-order chi connectivity index (χ0) is 18.3. The number of thiocarbonyl (C=S) groups is 1. The summed E-state index contributed by atoms with van der Waals surface area (Å²) in [6.45, 7) is 5.14. The third kappa shape index (κ3) is 2.97. The van der Waals surface area contributed by atoms with Crippen LogP contribution in [0.4, 0.5) is 5.69 Å². The maximum absolute atomic E-state index is 6.37. The van der Waals surface area contributed by atoms with Gasteiger partial charge in [0.1, 0.15) is 0 Å². The van der Waals surface area contributed by atoms with E-state index in [4.69, 9.17) is 23.8 Å². The minimum Gasteiger partial charge on any atom is -0.356 e. The highest BCUT2D eigenvalue weighted by atomic mass is 35.5. The zero-order valence-electron chi connectivity index (χ0n) is 15.0. The molecule has 2 aromatic carbocycles. The van der Waals surface area contributed by atoms with E-state index in [9.17, 15) is 0 Å². The maximum Gasteiger partial charge on any atom is 0.174 e. The first-order valence-electron chi connectivity index (χ1n) is 9.01. The summed E-state index contributed by atoms with van der Waals surface area (Å²) in [4.78, 5) is 5.91. The standard InChI is InChI=1S/C21H22ClN3S/c1-3-19-20-15(14-6-4-5-7-17(14)23-20)10-11-25(19)21(26)24-18-9-8-13(2)12-16(18)22/h4-9,12,19,23H,3,10-11H2,1-2H3,(H,24,26). The van der Waals surface area contributed by atoms with Gasteiger partial charge in [-0.2, -0.15) is 0 Å². The molecule has 5 heteroatoms. The van der Waals surface area contributed by atoms with Crippen molar-refractivity contribution in [2.24, 2.45) is 0 Å². The number of benzene rings is 2. The lowest BCUT2D eigenvalue weighted by Gasteiger charge is -2.37. The lowest BCUT2D eigenvalue weighted by molar-refractivity contribution is 0.291. The molecule has 1 atom stereocenters. The van der Waals surface area contributed by atoms with Crippen LogP contribution in [0.3, 0.4) is 0 Å². The summed E-state index contributed by atoms with van der Waals surface area (Å²) in [6, 6.07) is 14.8. The van der Waals surface area contributed by atoms with Crippen molar-refractivity contribution in [1.29, 1.82) is 0 Å². The number of hydrogen-bond donors (Lipinski definition) is 2. The SMILES string of the molecule is CCC1c2[nH]c3ccccc3c2CCN1C(=S)Nc1ccc(C)cc1Cl. The van der Waals surface area contributed by atoms with Crippen LogP contribution in [0, 0.1) is 6.92 Å². The maximum atomic E-state index is 6.37. The van der Waals surface area contributed by atoms with Gasteiger partial charge in [-0.15, -0.1) is 0 Å². The van der Waals surface area contributed by atoms with Crippen LogP contribution in [-0.4, -0.2) is 21.5 Å². The van der Waals surface area contributed by atoms with Gasteiger partial charge in [0.25, 0.3) is 0 Å². The Morgan fingerprint density at radius 1 is 1.31 bits per heavy atom. The molecule has 4 rings (SSSR count). The van der Waals surface area contributed by atoms with Crippen molar-refractivity contribution in [3.8, 4) is 0 Å². The zero-order valence-corrected chi connectivity index (χ0v) is 16.5. The fourth-order valence-corrected chi connectivity index (χ4v) is 4.51. The van der Waals surface area contributed by atoms with E-state index >= 15 is 0 Å². The number of para-hydroxylation sites is 1. The van der Waals surface area contributed by atoms with Gasteiger partial charge in [-0.3, -0.25) is 0 Å². The van der Waals surface area contributed by atoms with E-state index in [0.29, 0.717) is 5.02 Å². The Hall–Kier alpha value is -2.04. The molecule has 2 N–H and O–H groups in total. The van der Waals surface area contributed by atoms with Crippen LogP contribution in [0.2, 0.25) is 5.02 Å². The number of nitrogens with zero attached hydrogens (tertiary/aromatic N) is 1. The molecular formula is C21H22ClN3S. The third-order valence-electron chi connectivity index (χ3n) is 5.17. The lowest BCUT2D eigenvalue weighted by Crippen LogP contribution is -2.42. The van der Waals surface area contributed by atoms with Crippen molar-refractivity contribution in [1.82, 2.24) is 9.88 Å². The van der Waals surface area contributed by atoms with E-state index in [1.165, 1.54) is 22.2 Å². The van der Waals surface area contributed by atoms with Crippen molar-refractivity contribution in [2.75, 3.05) is 11.9 Å². The predicted molar refractivity (Wildman–Crippen MR) is 114 cm³/mol. The molecule has 0 aliphatic carbocycles. The summed E-state index contributed by atoms with van der Waals surface area (Å²) in [5.74, 6) is 0. The van der Waals surface area contributed by atoms with Gasteiger partial charge in [-0.25, -0.2) is 0 Å². The Morgan fingerprint density at radius 2 is 2.12 bits per heavy atom. The molecule has 0 amide bonds. The van der Waals surface area contributed by atoms with E-state index in [-0.39, 0.29) is 6.04 Å². The molecule has 0 fully saturated rings. The molecule has 3 aromatic rings. The second-order valence-electron chi connectivity index (χ2n) is 6.84. The number of nitrogens with one attached hydrogen (secondary N) is 2. The smallest absolute Gasteiger partial charge is 0.174 e. The van der Waals surface area contributed by atoms with Gasteiger partial charge in [0.15, 0.2) is 5.11 Å². The van der Waals surface area contributed by atoms with Crippen molar-refractivity contribution >= 4 is 45.5 Å². The molecule has 0 spiro atoms. The normalized spacial score (nSPS) is 16.6. The molecule has 0 bridgehead atoms. The van der Waals surface area contributed by atoms with Crippen LogP contribution < -0.4 is 5.32 Å². The molecule has 134 valence electrons. The minimum absolute atomic E-state index is 0.246. The van der Waals surface area contributed by atoms with E-state index in [0.717, 1.165) is 35.7 Å². The molecule has 0 saturated carbocycles. The number of hydrogen-bond acceptors (Lipinski definition) is 1.